The van der Waals surface area contributed by atoms with Gasteiger partial charge in [-0.05, 0) is 40.7 Å². The third-order valence-electron chi connectivity index (χ3n) is 5.76. The molecule has 1 aliphatic rings. The average molecular weight is 398 g/mol. The lowest BCUT2D eigenvalue weighted by atomic mass is 9.78. The highest BCUT2D eigenvalue weighted by atomic mass is 16.3. The topological polar surface area (TPSA) is 49.7 Å². The van der Waals surface area contributed by atoms with Crippen LogP contribution in [-0.2, 0) is 11.2 Å². The molecule has 0 bridgehead atoms. The van der Waals surface area contributed by atoms with Gasteiger partial charge in [-0.3, -0.25) is 9.79 Å². The van der Waals surface area contributed by atoms with E-state index in [1.165, 1.54) is 0 Å². The van der Waals surface area contributed by atoms with Crippen LogP contribution in [0.2, 0.25) is 0 Å². The number of carbonyl (C=O) groups is 1. The Bertz CT molecular complexity index is 1110. The number of aliphatic hydroxyl groups is 1. The lowest BCUT2D eigenvalue weighted by molar-refractivity contribution is -0.115. The van der Waals surface area contributed by atoms with Gasteiger partial charge < -0.3 is 5.11 Å². The van der Waals surface area contributed by atoms with Gasteiger partial charge in [-0.2, -0.15) is 0 Å². The fourth-order valence-electron chi connectivity index (χ4n) is 4.29. The van der Waals surface area contributed by atoms with Crippen molar-refractivity contribution in [2.45, 2.75) is 38.5 Å². The first-order valence-electron chi connectivity index (χ1n) is 10.7. The van der Waals surface area contributed by atoms with Gasteiger partial charge in [0.25, 0.3) is 0 Å². The van der Waals surface area contributed by atoms with Crippen LogP contribution in [0.4, 0.5) is 0 Å². The molecule has 1 saturated carbocycles. The maximum atomic E-state index is 13.1. The van der Waals surface area contributed by atoms with Crippen LogP contribution in [0.25, 0.3) is 10.8 Å². The van der Waals surface area contributed by atoms with Crippen molar-refractivity contribution in [2.75, 3.05) is 6.54 Å². The normalized spacial score (nSPS) is 20.0. The first-order chi connectivity index (χ1) is 14.7. The van der Waals surface area contributed by atoms with Gasteiger partial charge in [0.15, 0.2) is 5.78 Å². The molecule has 152 valence electrons. The molecule has 0 heterocycles. The van der Waals surface area contributed by atoms with Gasteiger partial charge in [0.2, 0.25) is 0 Å². The van der Waals surface area contributed by atoms with E-state index >= 15 is 0 Å². The number of aliphatic imine (C=N–C) groups is 1. The molecule has 0 amide bonds. The van der Waals surface area contributed by atoms with E-state index in [0.717, 1.165) is 34.0 Å². The zero-order valence-electron chi connectivity index (χ0n) is 17.3. The van der Waals surface area contributed by atoms with E-state index in [9.17, 15) is 9.90 Å². The number of Topliss-reactive ketones (excluding diaryl/α,β-unsaturated/α-hetero) is 1. The smallest absolute Gasteiger partial charge is 0.168 e. The van der Waals surface area contributed by atoms with Crippen molar-refractivity contribution in [1.82, 2.24) is 0 Å². The summed E-state index contributed by atoms with van der Waals surface area (Å²) in [7, 11) is 0. The quantitative estimate of drug-likeness (QED) is 0.412. The summed E-state index contributed by atoms with van der Waals surface area (Å²) in [6, 6.07) is 24.3. The van der Waals surface area contributed by atoms with Crippen molar-refractivity contribution in [3.05, 3.63) is 95.3 Å². The zero-order valence-corrected chi connectivity index (χ0v) is 17.3. The van der Waals surface area contributed by atoms with E-state index in [1.54, 1.807) is 0 Å². The highest BCUT2D eigenvalue weighted by Crippen LogP contribution is 2.34. The summed E-state index contributed by atoms with van der Waals surface area (Å²) in [6.07, 6.45) is 2.34. The standard InChI is InChI=1S/C27H27NO2/c1-2-15-28-24-16-22(19-9-4-3-5-10-19)18-26(30)27(24)25(29)17-21-13-8-12-20-11-6-7-14-23(20)21/h3-14,22,29H,2,15-18H2,1H3. The molecule has 3 nitrogen and oxygen atoms in total. The SMILES string of the molecule is CCCN=C1CC(c2ccccc2)CC(=O)C1=C(O)Cc1cccc2ccccc12. The number of aliphatic hydroxyl groups excluding tert-OH is 1. The molecule has 1 fully saturated rings. The minimum atomic E-state index is -0.0114. The number of benzene rings is 3. The Morgan fingerprint density at radius 2 is 1.70 bits per heavy atom. The molecule has 0 spiro atoms. The fourth-order valence-corrected chi connectivity index (χ4v) is 4.29. The first-order valence-corrected chi connectivity index (χ1v) is 10.7. The predicted octanol–water partition coefficient (Wildman–Crippen LogP) is 6.19. The van der Waals surface area contributed by atoms with Crippen molar-refractivity contribution in [2.24, 2.45) is 4.99 Å². The molecule has 3 heteroatoms. The summed E-state index contributed by atoms with van der Waals surface area (Å²) in [5.41, 5.74) is 3.36. The Morgan fingerprint density at radius 3 is 2.50 bits per heavy atom. The van der Waals surface area contributed by atoms with E-state index in [0.29, 0.717) is 31.4 Å². The molecule has 0 aliphatic heterocycles. The molecule has 0 radical (unpaired) electrons. The highest BCUT2D eigenvalue weighted by molar-refractivity contribution is 6.24. The summed E-state index contributed by atoms with van der Waals surface area (Å²) in [5, 5.41) is 13.3. The van der Waals surface area contributed by atoms with E-state index in [-0.39, 0.29) is 17.5 Å². The van der Waals surface area contributed by atoms with Crippen molar-refractivity contribution >= 4 is 22.3 Å². The lowest BCUT2D eigenvalue weighted by Gasteiger charge is -2.26. The maximum Gasteiger partial charge on any atom is 0.168 e. The predicted molar refractivity (Wildman–Crippen MR) is 123 cm³/mol. The number of nitrogens with zero attached hydrogens (tertiary/aromatic N) is 1. The molecular formula is C27H27NO2. The van der Waals surface area contributed by atoms with Crippen LogP contribution < -0.4 is 0 Å². The minimum absolute atomic E-state index is 0.0114. The van der Waals surface area contributed by atoms with Crippen molar-refractivity contribution in [3.63, 3.8) is 0 Å². The van der Waals surface area contributed by atoms with Gasteiger partial charge in [0, 0.05) is 25.1 Å². The van der Waals surface area contributed by atoms with Crippen LogP contribution in [0, 0.1) is 0 Å². The largest absolute Gasteiger partial charge is 0.511 e. The molecule has 0 saturated heterocycles. The number of allylic oxidation sites excluding steroid dienone is 2. The lowest BCUT2D eigenvalue weighted by Crippen LogP contribution is -2.27. The molecule has 1 atom stereocenters. The molecule has 30 heavy (non-hydrogen) atoms. The van der Waals surface area contributed by atoms with Crippen LogP contribution in [-0.4, -0.2) is 23.1 Å². The van der Waals surface area contributed by atoms with Gasteiger partial charge in [0.05, 0.1) is 5.57 Å². The highest BCUT2D eigenvalue weighted by Gasteiger charge is 2.32. The summed E-state index contributed by atoms with van der Waals surface area (Å²) in [5.74, 6) is 0.240. The summed E-state index contributed by atoms with van der Waals surface area (Å²) in [4.78, 5) is 17.9. The maximum absolute atomic E-state index is 13.1. The van der Waals surface area contributed by atoms with Gasteiger partial charge >= 0.3 is 0 Å². The molecule has 3 aromatic rings. The van der Waals surface area contributed by atoms with Crippen LogP contribution in [0.5, 0.6) is 0 Å². The van der Waals surface area contributed by atoms with Crippen molar-refractivity contribution < 1.29 is 9.90 Å². The Hall–Kier alpha value is -3.20. The van der Waals surface area contributed by atoms with E-state index in [2.05, 4.69) is 37.3 Å². The van der Waals surface area contributed by atoms with Crippen LogP contribution in [0.3, 0.4) is 0 Å². The second-order valence-electron chi connectivity index (χ2n) is 7.90. The fraction of sp³-hybridized carbons (Fsp3) is 0.259. The second-order valence-corrected chi connectivity index (χ2v) is 7.90. The summed E-state index contributed by atoms with van der Waals surface area (Å²) < 4.78 is 0. The molecule has 4 rings (SSSR count). The number of rotatable bonds is 5. The summed E-state index contributed by atoms with van der Waals surface area (Å²) in [6.45, 7) is 2.73. The average Bonchev–Trinajstić information content (AvgIpc) is 2.78. The monoisotopic (exact) mass is 397 g/mol. The molecule has 3 aromatic carbocycles. The molecule has 1 unspecified atom stereocenters. The van der Waals surface area contributed by atoms with Gasteiger partial charge in [0.1, 0.15) is 5.76 Å². The van der Waals surface area contributed by atoms with Gasteiger partial charge in [-0.1, -0.05) is 79.7 Å². The van der Waals surface area contributed by atoms with E-state index in [1.807, 2.05) is 42.5 Å². The van der Waals surface area contributed by atoms with Crippen LogP contribution in [0.1, 0.15) is 43.2 Å². The van der Waals surface area contributed by atoms with Gasteiger partial charge in [-0.25, -0.2) is 0 Å². The number of ketones is 1. The first kappa shape index (κ1) is 20.1. The van der Waals surface area contributed by atoms with Crippen LogP contribution >= 0.6 is 0 Å². The minimum Gasteiger partial charge on any atom is -0.511 e. The zero-order chi connectivity index (χ0) is 20.9. The van der Waals surface area contributed by atoms with Gasteiger partial charge in [-0.15, -0.1) is 0 Å². The summed E-state index contributed by atoms with van der Waals surface area (Å²) >= 11 is 0. The third kappa shape index (κ3) is 4.20. The number of fused-ring (bicyclic) bond motifs is 1. The van der Waals surface area contributed by atoms with Crippen LogP contribution in [0.15, 0.2) is 89.1 Å². The number of hydrogen-bond acceptors (Lipinski definition) is 3. The molecule has 0 aromatic heterocycles. The number of hydrogen-bond donors (Lipinski definition) is 1. The Balaban J connectivity index is 1.69. The molecular weight excluding hydrogens is 370 g/mol. The van der Waals surface area contributed by atoms with E-state index < -0.39 is 0 Å². The number of carbonyl (C=O) groups excluding carboxylic acids is 1. The third-order valence-corrected chi connectivity index (χ3v) is 5.76. The Kier molecular flexibility index (Phi) is 6.08. The van der Waals surface area contributed by atoms with Crippen molar-refractivity contribution in [1.29, 1.82) is 0 Å². The Morgan fingerprint density at radius 1 is 0.967 bits per heavy atom. The Labute approximate surface area is 177 Å². The second kappa shape index (κ2) is 9.08. The van der Waals surface area contributed by atoms with E-state index in [4.69, 9.17) is 4.99 Å². The molecule has 1 aliphatic carbocycles. The van der Waals surface area contributed by atoms with Crippen molar-refractivity contribution in [3.8, 4) is 0 Å². The molecule has 1 N–H and O–H groups in total.